The molecular formula is C21H32FN5O5. The maximum atomic E-state index is 15.1. The molecule has 0 aliphatic heterocycles. The fraction of sp³-hybridized carbons (Fsp3) is 0.714. The van der Waals surface area contributed by atoms with Gasteiger partial charge in [0.2, 0.25) is 5.91 Å². The predicted molar refractivity (Wildman–Crippen MR) is 113 cm³/mol. The molecule has 0 saturated heterocycles. The van der Waals surface area contributed by atoms with Crippen LogP contribution >= 0.6 is 0 Å². The van der Waals surface area contributed by atoms with Gasteiger partial charge in [0, 0.05) is 25.7 Å². The summed E-state index contributed by atoms with van der Waals surface area (Å²) in [6, 6.07) is 0.402. The number of carbonyl (C=O) groups is 3. The Bertz CT molecular complexity index is 834. The first kappa shape index (κ1) is 24.0. The minimum absolute atomic E-state index is 0.108. The van der Waals surface area contributed by atoms with Crippen molar-refractivity contribution in [2.24, 2.45) is 7.05 Å². The molecule has 1 unspecified atom stereocenters. The number of aliphatic hydroxyl groups is 1. The van der Waals surface area contributed by atoms with Crippen LogP contribution in [0.2, 0.25) is 0 Å². The normalized spacial score (nSPS) is 20.5. The second kappa shape index (κ2) is 9.85. The third-order valence-electron chi connectivity index (χ3n) is 6.31. The molecule has 11 heteroatoms. The Morgan fingerprint density at radius 2 is 1.91 bits per heavy atom. The second-order valence-electron chi connectivity index (χ2n) is 8.74. The number of carbonyl (C=O) groups excluding carboxylic acids is 3. The van der Waals surface area contributed by atoms with E-state index in [0.29, 0.717) is 32.1 Å². The third-order valence-corrected chi connectivity index (χ3v) is 6.31. The van der Waals surface area contributed by atoms with E-state index in [1.54, 1.807) is 26.2 Å². The number of nitrogens with one attached hydrogen (secondary N) is 3. The highest BCUT2D eigenvalue weighted by molar-refractivity contribution is 5.95. The average molecular weight is 454 g/mol. The summed E-state index contributed by atoms with van der Waals surface area (Å²) in [6.07, 6.45) is 2.65. The van der Waals surface area contributed by atoms with E-state index in [-0.39, 0.29) is 18.8 Å². The Kier molecular flexibility index (Phi) is 7.37. The lowest BCUT2D eigenvalue weighted by atomic mass is 9.72. The van der Waals surface area contributed by atoms with Crippen LogP contribution < -0.4 is 16.0 Å². The number of hydrogen-bond donors (Lipinski definition) is 4. The topological polar surface area (TPSA) is 135 Å². The molecule has 0 radical (unpaired) electrons. The van der Waals surface area contributed by atoms with Gasteiger partial charge in [-0.2, -0.15) is 5.10 Å². The highest BCUT2D eigenvalue weighted by Gasteiger charge is 2.49. The molecule has 3 amide bonds. The van der Waals surface area contributed by atoms with Crippen molar-refractivity contribution in [2.45, 2.75) is 81.6 Å². The lowest BCUT2D eigenvalue weighted by molar-refractivity contribution is -0.137. The number of hydrogen-bond acceptors (Lipinski definition) is 6. The monoisotopic (exact) mass is 453 g/mol. The number of amides is 3. The fourth-order valence-electron chi connectivity index (χ4n) is 4.39. The maximum Gasteiger partial charge on any atom is 0.407 e. The van der Waals surface area contributed by atoms with Crippen LogP contribution in [0.5, 0.6) is 0 Å². The van der Waals surface area contributed by atoms with Crippen molar-refractivity contribution >= 4 is 23.7 Å². The predicted octanol–water partition coefficient (Wildman–Crippen LogP) is 1.55. The van der Waals surface area contributed by atoms with Gasteiger partial charge in [-0.3, -0.25) is 14.3 Å². The minimum atomic E-state index is -1.55. The van der Waals surface area contributed by atoms with Crippen molar-refractivity contribution in [1.29, 1.82) is 0 Å². The first-order valence-corrected chi connectivity index (χ1v) is 11.1. The molecule has 10 nitrogen and oxygen atoms in total. The van der Waals surface area contributed by atoms with Gasteiger partial charge < -0.3 is 25.8 Å². The fourth-order valence-corrected chi connectivity index (χ4v) is 4.39. The number of alkyl carbamates (subject to hydrolysis) is 1. The molecule has 2 atom stereocenters. The zero-order valence-corrected chi connectivity index (χ0v) is 18.5. The van der Waals surface area contributed by atoms with Crippen molar-refractivity contribution in [3.63, 3.8) is 0 Å². The molecule has 1 aromatic heterocycles. The first-order chi connectivity index (χ1) is 15.2. The van der Waals surface area contributed by atoms with Crippen LogP contribution in [0.1, 0.15) is 58.3 Å². The van der Waals surface area contributed by atoms with Gasteiger partial charge in [-0.05, 0) is 39.0 Å². The Labute approximate surface area is 186 Å². The quantitative estimate of drug-likeness (QED) is 0.448. The van der Waals surface area contributed by atoms with Crippen LogP contribution in [-0.4, -0.2) is 62.8 Å². The summed E-state index contributed by atoms with van der Waals surface area (Å²) in [5, 5.41) is 22.5. The summed E-state index contributed by atoms with van der Waals surface area (Å²) >= 11 is 0. The summed E-state index contributed by atoms with van der Waals surface area (Å²) in [7, 11) is 1.69. The molecule has 3 rings (SSSR count). The molecule has 2 aliphatic carbocycles. The van der Waals surface area contributed by atoms with Gasteiger partial charge in [0.25, 0.3) is 5.91 Å². The van der Waals surface area contributed by atoms with E-state index >= 15 is 4.39 Å². The number of ether oxygens (including phenoxy) is 1. The van der Waals surface area contributed by atoms with Crippen molar-refractivity contribution in [1.82, 2.24) is 20.4 Å². The number of rotatable bonds is 9. The van der Waals surface area contributed by atoms with Crippen LogP contribution in [0.4, 0.5) is 15.0 Å². The molecule has 0 aromatic carbocycles. The number of aryl methyl sites for hydroxylation is 1. The van der Waals surface area contributed by atoms with E-state index < -0.39 is 41.3 Å². The molecule has 0 bridgehead atoms. The lowest BCUT2D eigenvalue weighted by Crippen LogP contribution is -2.67. The van der Waals surface area contributed by atoms with Crippen LogP contribution in [0.3, 0.4) is 0 Å². The van der Waals surface area contributed by atoms with Gasteiger partial charge in [0.1, 0.15) is 11.7 Å². The Balaban J connectivity index is 1.70. The smallest absolute Gasteiger partial charge is 0.407 e. The number of halogens is 1. The largest absolute Gasteiger partial charge is 0.450 e. The molecule has 2 saturated carbocycles. The molecule has 178 valence electrons. The highest BCUT2D eigenvalue weighted by atomic mass is 19.1. The van der Waals surface area contributed by atoms with Crippen LogP contribution in [0.25, 0.3) is 0 Å². The molecular weight excluding hydrogens is 421 g/mol. The lowest BCUT2D eigenvalue weighted by Gasteiger charge is -2.45. The molecule has 2 aliphatic rings. The number of aliphatic hydroxyl groups excluding tert-OH is 1. The van der Waals surface area contributed by atoms with Crippen molar-refractivity contribution in [3.8, 4) is 0 Å². The zero-order chi connectivity index (χ0) is 23.4. The Morgan fingerprint density at radius 3 is 2.44 bits per heavy atom. The van der Waals surface area contributed by atoms with Crippen molar-refractivity contribution < 1.29 is 28.6 Å². The van der Waals surface area contributed by atoms with E-state index in [1.807, 2.05) is 0 Å². The number of anilines is 1. The molecule has 2 fully saturated rings. The first-order valence-electron chi connectivity index (χ1n) is 11.1. The van der Waals surface area contributed by atoms with Gasteiger partial charge >= 0.3 is 6.09 Å². The minimum Gasteiger partial charge on any atom is -0.450 e. The van der Waals surface area contributed by atoms with Gasteiger partial charge in [-0.1, -0.05) is 12.8 Å². The van der Waals surface area contributed by atoms with E-state index in [0.717, 1.165) is 12.8 Å². The van der Waals surface area contributed by atoms with Crippen LogP contribution in [0.15, 0.2) is 12.3 Å². The Hall–Kier alpha value is -2.69. The number of aromatic nitrogens is 2. The summed E-state index contributed by atoms with van der Waals surface area (Å²) in [4.78, 5) is 37.7. The molecule has 0 spiro atoms. The molecule has 1 aromatic rings. The van der Waals surface area contributed by atoms with Gasteiger partial charge in [-0.25, -0.2) is 9.18 Å². The number of alkyl halides is 1. The van der Waals surface area contributed by atoms with E-state index in [1.165, 1.54) is 4.68 Å². The van der Waals surface area contributed by atoms with Crippen LogP contribution in [-0.2, 0) is 21.4 Å². The summed E-state index contributed by atoms with van der Waals surface area (Å²) in [5.74, 6) is -1.07. The van der Waals surface area contributed by atoms with Crippen LogP contribution in [0, 0.1) is 0 Å². The standard InChI is InChI=1S/C21H32FN5O5/c1-3-32-19(31)23-14(13-20(22)8-4-5-9-20)17(29)25-21(10-6-11-21)16(28)18(30)24-15-7-12-27(2)26-15/h7,12,14,16,28H,3-6,8-11,13H2,1-2H3,(H,23,31)(H,25,29)(H,24,26,30)/t14-,16?/m1/s1. The molecule has 32 heavy (non-hydrogen) atoms. The van der Waals surface area contributed by atoms with Gasteiger partial charge in [-0.15, -0.1) is 0 Å². The zero-order valence-electron chi connectivity index (χ0n) is 18.5. The van der Waals surface area contributed by atoms with Gasteiger partial charge in [0.05, 0.1) is 12.1 Å². The van der Waals surface area contributed by atoms with Crippen molar-refractivity contribution in [3.05, 3.63) is 12.3 Å². The second-order valence-corrected chi connectivity index (χ2v) is 8.74. The SMILES string of the molecule is CCOC(=O)N[C@H](CC1(F)CCCC1)C(=O)NC1(C(O)C(=O)Nc2ccn(C)n2)CCC1. The maximum absolute atomic E-state index is 15.1. The average Bonchev–Trinajstić information content (AvgIpc) is 3.31. The Morgan fingerprint density at radius 1 is 1.22 bits per heavy atom. The van der Waals surface area contributed by atoms with E-state index in [9.17, 15) is 19.5 Å². The van der Waals surface area contributed by atoms with Gasteiger partial charge in [0.15, 0.2) is 11.9 Å². The highest BCUT2D eigenvalue weighted by Crippen LogP contribution is 2.38. The van der Waals surface area contributed by atoms with E-state index in [4.69, 9.17) is 4.74 Å². The molecule has 1 heterocycles. The van der Waals surface area contributed by atoms with E-state index in [2.05, 4.69) is 21.0 Å². The summed E-state index contributed by atoms with van der Waals surface area (Å²) in [6.45, 7) is 1.74. The summed E-state index contributed by atoms with van der Waals surface area (Å²) in [5.41, 5.74) is -2.74. The third kappa shape index (κ3) is 5.56. The van der Waals surface area contributed by atoms with Crippen molar-refractivity contribution in [2.75, 3.05) is 11.9 Å². The number of nitrogens with zero attached hydrogens (tertiary/aromatic N) is 2. The molecule has 4 N–H and O–H groups in total. The summed E-state index contributed by atoms with van der Waals surface area (Å²) < 4.78 is 21.5.